The molecule has 0 atom stereocenters. The van der Waals surface area contributed by atoms with E-state index in [9.17, 15) is 14.0 Å². The van der Waals surface area contributed by atoms with E-state index in [0.29, 0.717) is 5.69 Å². The van der Waals surface area contributed by atoms with E-state index in [-0.39, 0.29) is 12.3 Å². The molecule has 0 aliphatic carbocycles. The first kappa shape index (κ1) is 11.6. The van der Waals surface area contributed by atoms with Gasteiger partial charge in [-0.15, -0.1) is 0 Å². The fraction of sp³-hybridized carbons (Fsp3) is 0.333. The molecular weight excluding hydrogens is 223 g/mol. The summed E-state index contributed by atoms with van der Waals surface area (Å²) in [6.07, 6.45) is 0.218. The van der Waals surface area contributed by atoms with Crippen LogP contribution < -0.4 is 10.2 Å². The van der Waals surface area contributed by atoms with Crippen LogP contribution in [0.15, 0.2) is 24.3 Å². The van der Waals surface area contributed by atoms with E-state index in [2.05, 4.69) is 5.32 Å². The number of urea groups is 1. The molecule has 1 fully saturated rings. The number of amides is 3. The zero-order valence-corrected chi connectivity index (χ0v) is 9.66. The van der Waals surface area contributed by atoms with Crippen molar-refractivity contribution in [3.05, 3.63) is 30.1 Å². The average Bonchev–Trinajstić information content (AvgIpc) is 2.18. The van der Waals surface area contributed by atoms with Gasteiger partial charge in [0.25, 0.3) is 0 Å². The molecule has 0 saturated carbocycles. The molecule has 5 heteroatoms. The number of hydrogen-bond acceptors (Lipinski definition) is 2. The smallest absolute Gasteiger partial charge is 0.329 e. The average molecular weight is 236 g/mol. The Bertz CT molecular complexity index is 448. The van der Waals surface area contributed by atoms with Crippen molar-refractivity contribution in [2.75, 3.05) is 4.90 Å². The Morgan fingerprint density at radius 2 is 1.82 bits per heavy atom. The predicted octanol–water partition coefficient (Wildman–Crippen LogP) is 2.05. The number of benzene rings is 1. The number of nitrogens with one attached hydrogen (secondary N) is 1. The predicted molar refractivity (Wildman–Crippen MR) is 61.1 cm³/mol. The minimum Gasteiger partial charge on any atom is -0.332 e. The number of carbonyl (C=O) groups excluding carboxylic acids is 2. The lowest BCUT2D eigenvalue weighted by molar-refractivity contribution is -0.119. The summed E-state index contributed by atoms with van der Waals surface area (Å²) < 4.78 is 12.8. The molecule has 1 heterocycles. The standard InChI is InChI=1S/C12H13FN2O2/c1-12(2)7-10(16)15(11(17)14-12)9-5-3-8(13)4-6-9/h3-6H,7H2,1-2H3,(H,14,17). The van der Waals surface area contributed by atoms with Gasteiger partial charge in [-0.1, -0.05) is 0 Å². The van der Waals surface area contributed by atoms with E-state index in [1.807, 2.05) is 0 Å². The maximum atomic E-state index is 12.8. The quantitative estimate of drug-likeness (QED) is 0.811. The number of carbonyl (C=O) groups is 2. The molecule has 1 saturated heterocycles. The van der Waals surface area contributed by atoms with E-state index in [4.69, 9.17) is 0 Å². The van der Waals surface area contributed by atoms with Crippen LogP contribution in [0.5, 0.6) is 0 Å². The van der Waals surface area contributed by atoms with Gasteiger partial charge < -0.3 is 5.32 Å². The molecule has 0 unspecified atom stereocenters. The molecule has 1 aromatic carbocycles. The summed E-state index contributed by atoms with van der Waals surface area (Å²) in [4.78, 5) is 24.7. The van der Waals surface area contributed by atoms with Crippen LogP contribution in [-0.2, 0) is 4.79 Å². The molecule has 0 spiro atoms. The number of rotatable bonds is 1. The van der Waals surface area contributed by atoms with Crippen molar-refractivity contribution in [2.24, 2.45) is 0 Å². The van der Waals surface area contributed by atoms with Gasteiger partial charge in [-0.25, -0.2) is 14.1 Å². The SMILES string of the molecule is CC1(C)CC(=O)N(c2ccc(F)cc2)C(=O)N1. The van der Waals surface area contributed by atoms with E-state index in [1.54, 1.807) is 13.8 Å². The summed E-state index contributed by atoms with van der Waals surface area (Å²) in [7, 11) is 0. The first-order chi connectivity index (χ1) is 7.89. The van der Waals surface area contributed by atoms with Crippen LogP contribution in [0.2, 0.25) is 0 Å². The molecule has 90 valence electrons. The number of anilines is 1. The minimum absolute atomic E-state index is 0.218. The maximum absolute atomic E-state index is 12.8. The highest BCUT2D eigenvalue weighted by molar-refractivity contribution is 6.16. The van der Waals surface area contributed by atoms with Crippen LogP contribution in [-0.4, -0.2) is 17.5 Å². The summed E-state index contributed by atoms with van der Waals surface area (Å²) >= 11 is 0. The molecule has 1 N–H and O–H groups in total. The first-order valence-corrected chi connectivity index (χ1v) is 5.30. The molecule has 3 amide bonds. The van der Waals surface area contributed by atoms with Crippen LogP contribution in [0.4, 0.5) is 14.9 Å². The Balaban J connectivity index is 2.30. The topological polar surface area (TPSA) is 49.4 Å². The number of imide groups is 1. The highest BCUT2D eigenvalue weighted by Crippen LogP contribution is 2.23. The summed E-state index contributed by atoms with van der Waals surface area (Å²) in [5.74, 6) is -0.690. The Morgan fingerprint density at radius 3 is 2.35 bits per heavy atom. The summed E-state index contributed by atoms with van der Waals surface area (Å²) in [6.45, 7) is 3.57. The Morgan fingerprint density at radius 1 is 1.24 bits per heavy atom. The van der Waals surface area contributed by atoms with Gasteiger partial charge in [0, 0.05) is 5.54 Å². The second-order valence-corrected chi connectivity index (χ2v) is 4.70. The summed E-state index contributed by atoms with van der Waals surface area (Å²) in [5.41, 5.74) is -0.158. The number of hydrogen-bond donors (Lipinski definition) is 1. The van der Waals surface area contributed by atoms with Gasteiger partial charge in [-0.05, 0) is 38.1 Å². The molecule has 1 aromatic rings. The third-order valence-corrected chi connectivity index (χ3v) is 2.58. The summed E-state index contributed by atoms with van der Waals surface area (Å²) in [5, 5.41) is 2.72. The Hall–Kier alpha value is -1.91. The highest BCUT2D eigenvalue weighted by atomic mass is 19.1. The molecule has 2 rings (SSSR count). The van der Waals surface area contributed by atoms with Gasteiger partial charge >= 0.3 is 6.03 Å². The van der Waals surface area contributed by atoms with E-state index >= 15 is 0 Å². The molecule has 1 aliphatic rings. The van der Waals surface area contributed by atoms with Crippen LogP contribution in [0.25, 0.3) is 0 Å². The fourth-order valence-corrected chi connectivity index (χ4v) is 1.81. The molecule has 1 aliphatic heterocycles. The largest absolute Gasteiger partial charge is 0.332 e. The fourth-order valence-electron chi connectivity index (χ4n) is 1.81. The van der Waals surface area contributed by atoms with Crippen LogP contribution in [0.1, 0.15) is 20.3 Å². The normalized spacial score (nSPS) is 19.1. The monoisotopic (exact) mass is 236 g/mol. The van der Waals surface area contributed by atoms with E-state index in [1.165, 1.54) is 24.3 Å². The zero-order chi connectivity index (χ0) is 12.6. The zero-order valence-electron chi connectivity index (χ0n) is 9.66. The van der Waals surface area contributed by atoms with E-state index in [0.717, 1.165) is 4.90 Å². The highest BCUT2D eigenvalue weighted by Gasteiger charge is 2.37. The third-order valence-electron chi connectivity index (χ3n) is 2.58. The second-order valence-electron chi connectivity index (χ2n) is 4.70. The lowest BCUT2D eigenvalue weighted by Gasteiger charge is -2.36. The Kier molecular flexibility index (Phi) is 2.61. The lowest BCUT2D eigenvalue weighted by Crippen LogP contribution is -2.59. The lowest BCUT2D eigenvalue weighted by atomic mass is 9.97. The molecule has 17 heavy (non-hydrogen) atoms. The minimum atomic E-state index is -0.537. The van der Waals surface area contributed by atoms with Crippen molar-refractivity contribution in [3.8, 4) is 0 Å². The van der Waals surface area contributed by atoms with Gasteiger partial charge in [-0.3, -0.25) is 4.79 Å². The van der Waals surface area contributed by atoms with Crippen molar-refractivity contribution in [2.45, 2.75) is 25.8 Å². The summed E-state index contributed by atoms with van der Waals surface area (Å²) in [6, 6.07) is 4.78. The van der Waals surface area contributed by atoms with Gasteiger partial charge in [0.1, 0.15) is 5.82 Å². The maximum Gasteiger partial charge on any atom is 0.329 e. The van der Waals surface area contributed by atoms with E-state index < -0.39 is 17.4 Å². The van der Waals surface area contributed by atoms with Crippen molar-refractivity contribution in [1.29, 1.82) is 0 Å². The van der Waals surface area contributed by atoms with Crippen molar-refractivity contribution in [1.82, 2.24) is 5.32 Å². The second kappa shape index (κ2) is 3.84. The van der Waals surface area contributed by atoms with Crippen molar-refractivity contribution in [3.63, 3.8) is 0 Å². The number of halogens is 1. The van der Waals surface area contributed by atoms with Crippen LogP contribution in [0.3, 0.4) is 0 Å². The molecule has 0 radical (unpaired) electrons. The van der Waals surface area contributed by atoms with Crippen molar-refractivity contribution < 1.29 is 14.0 Å². The van der Waals surface area contributed by atoms with Crippen LogP contribution >= 0.6 is 0 Å². The number of nitrogens with zero attached hydrogens (tertiary/aromatic N) is 1. The molecule has 0 bridgehead atoms. The van der Waals surface area contributed by atoms with Crippen molar-refractivity contribution >= 4 is 17.6 Å². The first-order valence-electron chi connectivity index (χ1n) is 5.30. The Labute approximate surface area is 98.4 Å². The molecule has 0 aromatic heterocycles. The van der Waals surface area contributed by atoms with Gasteiger partial charge in [0.2, 0.25) is 5.91 Å². The van der Waals surface area contributed by atoms with Crippen LogP contribution in [0, 0.1) is 5.82 Å². The van der Waals surface area contributed by atoms with Gasteiger partial charge in [0.15, 0.2) is 0 Å². The third kappa shape index (κ3) is 2.27. The molecule has 4 nitrogen and oxygen atoms in total. The van der Waals surface area contributed by atoms with Gasteiger partial charge in [-0.2, -0.15) is 0 Å². The van der Waals surface area contributed by atoms with Gasteiger partial charge in [0.05, 0.1) is 12.1 Å². The molecular formula is C12H13FN2O2.